The van der Waals surface area contributed by atoms with Crippen LogP contribution < -0.4 is 10.6 Å². The lowest BCUT2D eigenvalue weighted by Crippen LogP contribution is -2.45. The van der Waals surface area contributed by atoms with Crippen LogP contribution in [0.2, 0.25) is 0 Å². The molecule has 0 saturated carbocycles. The van der Waals surface area contributed by atoms with E-state index in [0.717, 1.165) is 5.56 Å². The highest BCUT2D eigenvalue weighted by atomic mass is 16.6. The number of hydrogen-bond donors (Lipinski definition) is 2. The zero-order valence-corrected chi connectivity index (χ0v) is 12.3. The van der Waals surface area contributed by atoms with Crippen LogP contribution in [0, 0.1) is 16.0 Å². The molecule has 0 bridgehead atoms. The van der Waals surface area contributed by atoms with Crippen LogP contribution in [0.1, 0.15) is 26.3 Å². The summed E-state index contributed by atoms with van der Waals surface area (Å²) in [6.07, 6.45) is 0. The van der Waals surface area contributed by atoms with Crippen LogP contribution in [0.3, 0.4) is 0 Å². The minimum atomic E-state index is -0.575. The molecular weight excluding hydrogens is 258 g/mol. The molecule has 2 N–H and O–H groups in total. The second-order valence-corrected chi connectivity index (χ2v) is 5.38. The summed E-state index contributed by atoms with van der Waals surface area (Å²) >= 11 is 0. The van der Waals surface area contributed by atoms with Gasteiger partial charge in [0.2, 0.25) is 5.91 Å². The molecule has 0 aliphatic heterocycles. The highest BCUT2D eigenvalue weighted by Gasteiger charge is 2.25. The molecule has 1 atom stereocenters. The number of carbonyl (C=O) groups is 1. The molecule has 6 nitrogen and oxygen atoms in total. The summed E-state index contributed by atoms with van der Waals surface area (Å²) in [5, 5.41) is 16.5. The smallest absolute Gasteiger partial charge is 0.269 e. The molecule has 110 valence electrons. The van der Waals surface area contributed by atoms with Gasteiger partial charge in [-0.25, -0.2) is 0 Å². The van der Waals surface area contributed by atoms with Gasteiger partial charge in [-0.1, -0.05) is 6.92 Å². The monoisotopic (exact) mass is 279 g/mol. The van der Waals surface area contributed by atoms with Gasteiger partial charge in [-0.15, -0.1) is 0 Å². The standard InChI is InChI=1S/C14H21N3O3/c1-10(9-15-4)13(18)16-14(2,3)11-5-7-12(8-6-11)17(19)20/h5-8,10,15H,9H2,1-4H3,(H,16,18). The van der Waals surface area contributed by atoms with Gasteiger partial charge >= 0.3 is 0 Å². The molecule has 0 heterocycles. The van der Waals surface area contributed by atoms with Crippen molar-refractivity contribution in [3.05, 3.63) is 39.9 Å². The van der Waals surface area contributed by atoms with E-state index in [-0.39, 0.29) is 17.5 Å². The van der Waals surface area contributed by atoms with Crippen LogP contribution in [-0.2, 0) is 10.3 Å². The molecule has 1 unspecified atom stereocenters. The SMILES string of the molecule is CNCC(C)C(=O)NC(C)(C)c1ccc([N+](=O)[O-])cc1. The Kier molecular flexibility index (Phi) is 5.21. The van der Waals surface area contributed by atoms with E-state index in [1.54, 1.807) is 19.2 Å². The van der Waals surface area contributed by atoms with E-state index in [4.69, 9.17) is 0 Å². The Morgan fingerprint density at radius 3 is 2.35 bits per heavy atom. The lowest BCUT2D eigenvalue weighted by Gasteiger charge is -2.28. The van der Waals surface area contributed by atoms with Gasteiger partial charge in [-0.05, 0) is 38.6 Å². The summed E-state index contributed by atoms with van der Waals surface area (Å²) in [5.74, 6) is -0.194. The van der Waals surface area contributed by atoms with Crippen molar-refractivity contribution in [2.75, 3.05) is 13.6 Å². The van der Waals surface area contributed by atoms with E-state index in [9.17, 15) is 14.9 Å². The maximum atomic E-state index is 12.0. The number of amides is 1. The van der Waals surface area contributed by atoms with Crippen molar-refractivity contribution in [2.45, 2.75) is 26.3 Å². The summed E-state index contributed by atoms with van der Waals surface area (Å²) < 4.78 is 0. The van der Waals surface area contributed by atoms with Crippen molar-refractivity contribution >= 4 is 11.6 Å². The maximum absolute atomic E-state index is 12.0. The lowest BCUT2D eigenvalue weighted by atomic mass is 9.93. The summed E-state index contributed by atoms with van der Waals surface area (Å²) in [4.78, 5) is 22.2. The molecular formula is C14H21N3O3. The Morgan fingerprint density at radius 2 is 1.90 bits per heavy atom. The average molecular weight is 279 g/mol. The predicted octanol–water partition coefficient (Wildman–Crippen LogP) is 1.80. The number of hydrogen-bond acceptors (Lipinski definition) is 4. The Hall–Kier alpha value is -1.95. The van der Waals surface area contributed by atoms with Crippen molar-refractivity contribution in [1.82, 2.24) is 10.6 Å². The first-order valence-electron chi connectivity index (χ1n) is 6.49. The van der Waals surface area contributed by atoms with Crippen molar-refractivity contribution in [1.29, 1.82) is 0 Å². The Balaban J connectivity index is 2.82. The quantitative estimate of drug-likeness (QED) is 0.614. The van der Waals surface area contributed by atoms with Crippen molar-refractivity contribution in [3.8, 4) is 0 Å². The first kappa shape index (κ1) is 16.1. The second-order valence-electron chi connectivity index (χ2n) is 5.38. The average Bonchev–Trinajstić information content (AvgIpc) is 2.38. The summed E-state index contributed by atoms with van der Waals surface area (Å²) in [6, 6.07) is 6.23. The van der Waals surface area contributed by atoms with Crippen LogP contribution >= 0.6 is 0 Å². The Morgan fingerprint density at radius 1 is 1.35 bits per heavy atom. The number of nitrogens with zero attached hydrogens (tertiary/aromatic N) is 1. The van der Waals surface area contributed by atoms with E-state index in [1.807, 2.05) is 20.8 Å². The van der Waals surface area contributed by atoms with Crippen molar-refractivity contribution < 1.29 is 9.72 Å². The fraction of sp³-hybridized carbons (Fsp3) is 0.500. The number of carbonyl (C=O) groups excluding carboxylic acids is 1. The van der Waals surface area contributed by atoms with E-state index in [1.165, 1.54) is 12.1 Å². The third kappa shape index (κ3) is 4.03. The molecule has 20 heavy (non-hydrogen) atoms. The van der Waals surface area contributed by atoms with Crippen LogP contribution in [0.5, 0.6) is 0 Å². The summed E-state index contributed by atoms with van der Waals surface area (Å²) in [7, 11) is 1.80. The molecule has 1 aromatic rings. The van der Waals surface area contributed by atoms with Gasteiger partial charge in [-0.3, -0.25) is 14.9 Å². The van der Waals surface area contributed by atoms with Gasteiger partial charge in [0.15, 0.2) is 0 Å². The number of benzene rings is 1. The van der Waals surface area contributed by atoms with E-state index < -0.39 is 10.5 Å². The normalized spacial score (nSPS) is 12.8. The number of nitro groups is 1. The van der Waals surface area contributed by atoms with E-state index in [0.29, 0.717) is 6.54 Å². The molecule has 1 aromatic carbocycles. The summed E-state index contributed by atoms with van der Waals surface area (Å²) in [5.41, 5.74) is 0.293. The molecule has 6 heteroatoms. The van der Waals surface area contributed by atoms with Crippen LogP contribution in [-0.4, -0.2) is 24.4 Å². The van der Waals surface area contributed by atoms with E-state index in [2.05, 4.69) is 10.6 Å². The molecule has 0 radical (unpaired) electrons. The van der Waals surface area contributed by atoms with Gasteiger partial charge in [0.05, 0.1) is 10.5 Å². The van der Waals surface area contributed by atoms with Crippen LogP contribution in [0.4, 0.5) is 5.69 Å². The number of nitro benzene ring substituents is 1. The van der Waals surface area contributed by atoms with Gasteiger partial charge in [0.1, 0.15) is 0 Å². The zero-order valence-electron chi connectivity index (χ0n) is 12.3. The van der Waals surface area contributed by atoms with Gasteiger partial charge < -0.3 is 10.6 Å². The molecule has 0 aliphatic carbocycles. The molecule has 0 aliphatic rings. The third-order valence-corrected chi connectivity index (χ3v) is 3.19. The first-order valence-corrected chi connectivity index (χ1v) is 6.49. The second kappa shape index (κ2) is 6.47. The van der Waals surface area contributed by atoms with Gasteiger partial charge in [0, 0.05) is 24.6 Å². The minimum absolute atomic E-state index is 0.0411. The molecule has 0 spiro atoms. The number of nitrogens with one attached hydrogen (secondary N) is 2. The van der Waals surface area contributed by atoms with Crippen LogP contribution in [0.15, 0.2) is 24.3 Å². The largest absolute Gasteiger partial charge is 0.347 e. The molecule has 0 aromatic heterocycles. The lowest BCUT2D eigenvalue weighted by molar-refractivity contribution is -0.384. The third-order valence-electron chi connectivity index (χ3n) is 3.19. The molecule has 1 amide bonds. The maximum Gasteiger partial charge on any atom is 0.269 e. The van der Waals surface area contributed by atoms with Crippen LogP contribution in [0.25, 0.3) is 0 Å². The molecule has 1 rings (SSSR count). The molecule has 0 saturated heterocycles. The fourth-order valence-electron chi connectivity index (χ4n) is 1.90. The Bertz CT molecular complexity index is 483. The van der Waals surface area contributed by atoms with Crippen molar-refractivity contribution in [3.63, 3.8) is 0 Å². The fourth-order valence-corrected chi connectivity index (χ4v) is 1.90. The summed E-state index contributed by atoms with van der Waals surface area (Å²) in [6.45, 7) is 6.19. The first-order chi connectivity index (χ1) is 9.27. The highest BCUT2D eigenvalue weighted by Crippen LogP contribution is 2.23. The number of non-ortho nitro benzene ring substituents is 1. The topological polar surface area (TPSA) is 84.3 Å². The highest BCUT2D eigenvalue weighted by molar-refractivity contribution is 5.79. The van der Waals surface area contributed by atoms with Gasteiger partial charge in [0.25, 0.3) is 5.69 Å². The molecule has 0 fully saturated rings. The predicted molar refractivity (Wildman–Crippen MR) is 77.4 cm³/mol. The Labute approximate surface area is 118 Å². The van der Waals surface area contributed by atoms with Crippen molar-refractivity contribution in [2.24, 2.45) is 5.92 Å². The number of rotatable bonds is 6. The van der Waals surface area contributed by atoms with E-state index >= 15 is 0 Å². The zero-order chi connectivity index (χ0) is 15.3. The van der Waals surface area contributed by atoms with Gasteiger partial charge in [-0.2, -0.15) is 0 Å². The minimum Gasteiger partial charge on any atom is -0.347 e.